The maximum atomic E-state index is 12.1. The molecule has 1 heterocycles. The molecule has 0 saturated carbocycles. The lowest BCUT2D eigenvalue weighted by molar-refractivity contribution is 0.262. The number of aryl methyl sites for hydroxylation is 1. The van der Waals surface area contributed by atoms with Gasteiger partial charge in [-0.1, -0.05) is 24.3 Å². The molecule has 1 aromatic heterocycles. The van der Waals surface area contributed by atoms with Crippen LogP contribution in [0.3, 0.4) is 0 Å². The number of urea groups is 1. The lowest BCUT2D eigenvalue weighted by Crippen LogP contribution is -2.19. The van der Waals surface area contributed by atoms with Gasteiger partial charge in [0.15, 0.2) is 0 Å². The Kier molecular flexibility index (Phi) is 4.67. The molecule has 6 heteroatoms. The summed E-state index contributed by atoms with van der Waals surface area (Å²) in [4.78, 5) is 20.1. The number of carbonyl (C=O) groups excluding carboxylic acids is 1. The molecule has 0 bridgehead atoms. The van der Waals surface area contributed by atoms with Crippen LogP contribution in [0.15, 0.2) is 67.0 Å². The molecule has 0 unspecified atom stereocenters. The molecular weight excluding hydrogens is 304 g/mol. The number of para-hydroxylation sites is 1. The van der Waals surface area contributed by atoms with Gasteiger partial charge in [-0.25, -0.2) is 14.8 Å². The number of hydrogen-bond donors (Lipinski definition) is 2. The molecule has 2 N–H and O–H groups in total. The Morgan fingerprint density at radius 1 is 0.958 bits per heavy atom. The third-order valence-electron chi connectivity index (χ3n) is 3.24. The molecule has 2 amide bonds. The smallest absolute Gasteiger partial charge is 0.323 e. The molecular formula is C18H16N4O2. The molecule has 3 rings (SSSR count). The average molecular weight is 320 g/mol. The molecule has 3 aromatic rings. The monoisotopic (exact) mass is 320 g/mol. The third-order valence-corrected chi connectivity index (χ3v) is 3.24. The highest BCUT2D eigenvalue weighted by atomic mass is 16.5. The molecule has 120 valence electrons. The zero-order valence-corrected chi connectivity index (χ0v) is 13.1. The first kappa shape index (κ1) is 15.5. The van der Waals surface area contributed by atoms with Gasteiger partial charge in [0.25, 0.3) is 0 Å². The summed E-state index contributed by atoms with van der Waals surface area (Å²) in [5, 5.41) is 5.59. The van der Waals surface area contributed by atoms with Crippen LogP contribution in [0.2, 0.25) is 0 Å². The number of carbonyl (C=O) groups is 1. The van der Waals surface area contributed by atoms with Crippen molar-refractivity contribution >= 4 is 17.4 Å². The summed E-state index contributed by atoms with van der Waals surface area (Å²) in [6.45, 7) is 1.93. The number of aromatic nitrogens is 2. The van der Waals surface area contributed by atoms with Crippen molar-refractivity contribution in [2.75, 3.05) is 10.6 Å². The quantitative estimate of drug-likeness (QED) is 0.754. The second kappa shape index (κ2) is 7.23. The molecule has 2 aromatic carbocycles. The third kappa shape index (κ3) is 4.07. The fraction of sp³-hybridized carbons (Fsp3) is 0.0556. The highest BCUT2D eigenvalue weighted by Gasteiger charge is 2.06. The second-order valence-electron chi connectivity index (χ2n) is 5.06. The van der Waals surface area contributed by atoms with Crippen molar-refractivity contribution in [3.05, 3.63) is 72.6 Å². The van der Waals surface area contributed by atoms with Crippen molar-refractivity contribution in [1.82, 2.24) is 9.97 Å². The SMILES string of the molecule is Cc1ccccc1NC(=O)Nc1cccc(Oc2ncccn2)c1. The van der Waals surface area contributed by atoms with Gasteiger partial charge in [-0.2, -0.15) is 0 Å². The van der Waals surface area contributed by atoms with Crippen molar-refractivity contribution < 1.29 is 9.53 Å². The standard InChI is InChI=1S/C18H16N4O2/c1-13-6-2-3-9-16(13)22-17(23)21-14-7-4-8-15(12-14)24-18-19-10-5-11-20-18/h2-12H,1H3,(H2,21,22,23). The summed E-state index contributed by atoms with van der Waals surface area (Å²) >= 11 is 0. The van der Waals surface area contributed by atoms with Gasteiger partial charge in [-0.3, -0.25) is 0 Å². The van der Waals surface area contributed by atoms with Crippen molar-refractivity contribution in [1.29, 1.82) is 0 Å². The molecule has 0 atom stereocenters. The molecule has 0 saturated heterocycles. The summed E-state index contributed by atoms with van der Waals surface area (Å²) < 4.78 is 5.54. The maximum Gasteiger partial charge on any atom is 0.323 e. The summed E-state index contributed by atoms with van der Waals surface area (Å²) in [6, 6.07) is 16.2. The fourth-order valence-corrected chi connectivity index (χ4v) is 2.08. The van der Waals surface area contributed by atoms with Crippen molar-refractivity contribution in [3.63, 3.8) is 0 Å². The van der Waals surface area contributed by atoms with E-state index in [1.807, 2.05) is 31.2 Å². The first-order valence-electron chi connectivity index (χ1n) is 7.39. The Bertz CT molecular complexity index is 837. The molecule has 0 aliphatic heterocycles. The molecule has 0 aliphatic rings. The van der Waals surface area contributed by atoms with E-state index in [1.165, 1.54) is 0 Å². The zero-order valence-electron chi connectivity index (χ0n) is 13.1. The van der Waals surface area contributed by atoms with E-state index < -0.39 is 0 Å². The number of amides is 2. The molecule has 6 nitrogen and oxygen atoms in total. The highest BCUT2D eigenvalue weighted by Crippen LogP contribution is 2.21. The summed E-state index contributed by atoms with van der Waals surface area (Å²) in [5.74, 6) is 0.537. The number of hydrogen-bond acceptors (Lipinski definition) is 4. The average Bonchev–Trinajstić information content (AvgIpc) is 2.58. The van der Waals surface area contributed by atoms with Gasteiger partial charge in [0.05, 0.1) is 0 Å². The van der Waals surface area contributed by atoms with Gasteiger partial charge in [-0.05, 0) is 36.8 Å². The first-order valence-corrected chi connectivity index (χ1v) is 7.39. The minimum Gasteiger partial charge on any atom is -0.424 e. The van der Waals surface area contributed by atoms with Crippen LogP contribution in [0, 0.1) is 6.92 Å². The molecule has 24 heavy (non-hydrogen) atoms. The Hall–Kier alpha value is -3.41. The van der Waals surface area contributed by atoms with E-state index in [0.717, 1.165) is 11.3 Å². The van der Waals surface area contributed by atoms with E-state index in [9.17, 15) is 4.79 Å². The predicted octanol–water partition coefficient (Wildman–Crippen LogP) is 4.22. The molecule has 0 radical (unpaired) electrons. The van der Waals surface area contributed by atoms with Crippen molar-refractivity contribution in [2.45, 2.75) is 6.92 Å². The lowest BCUT2D eigenvalue weighted by atomic mass is 10.2. The van der Waals surface area contributed by atoms with Crippen molar-refractivity contribution in [2.24, 2.45) is 0 Å². The van der Waals surface area contributed by atoms with E-state index in [4.69, 9.17) is 4.74 Å². The summed E-state index contributed by atoms with van der Waals surface area (Å²) in [6.07, 6.45) is 3.19. The number of ether oxygens (including phenoxy) is 1. The van der Waals surface area contributed by atoms with Crippen LogP contribution in [0.25, 0.3) is 0 Å². The first-order chi connectivity index (χ1) is 11.7. The van der Waals surface area contributed by atoms with E-state index in [0.29, 0.717) is 11.4 Å². The van der Waals surface area contributed by atoms with Gasteiger partial charge < -0.3 is 15.4 Å². The minimum atomic E-state index is -0.322. The van der Waals surface area contributed by atoms with Crippen molar-refractivity contribution in [3.8, 4) is 11.8 Å². The van der Waals surface area contributed by atoms with Crippen LogP contribution in [0.4, 0.5) is 16.2 Å². The van der Waals surface area contributed by atoms with E-state index >= 15 is 0 Å². The zero-order chi connectivity index (χ0) is 16.8. The number of benzene rings is 2. The number of rotatable bonds is 4. The summed E-state index contributed by atoms with van der Waals surface area (Å²) in [5.41, 5.74) is 2.36. The van der Waals surface area contributed by atoms with Crippen LogP contribution in [0.1, 0.15) is 5.56 Å². The Labute approximate surface area is 139 Å². The second-order valence-corrected chi connectivity index (χ2v) is 5.06. The van der Waals surface area contributed by atoms with Crippen LogP contribution in [-0.2, 0) is 0 Å². The van der Waals surface area contributed by atoms with E-state index in [1.54, 1.807) is 42.7 Å². The number of nitrogens with one attached hydrogen (secondary N) is 2. The van der Waals surface area contributed by atoms with Crippen LogP contribution in [-0.4, -0.2) is 16.0 Å². The maximum absolute atomic E-state index is 12.1. The molecule has 0 fully saturated rings. The predicted molar refractivity (Wildman–Crippen MR) is 92.4 cm³/mol. The van der Waals surface area contributed by atoms with Gasteiger partial charge in [0.1, 0.15) is 5.75 Å². The van der Waals surface area contributed by atoms with Crippen LogP contribution >= 0.6 is 0 Å². The summed E-state index contributed by atoms with van der Waals surface area (Å²) in [7, 11) is 0. The Balaban J connectivity index is 1.66. The largest absolute Gasteiger partial charge is 0.424 e. The number of nitrogens with zero attached hydrogens (tertiary/aromatic N) is 2. The minimum absolute atomic E-state index is 0.249. The Morgan fingerprint density at radius 3 is 2.54 bits per heavy atom. The Morgan fingerprint density at radius 2 is 1.75 bits per heavy atom. The van der Waals surface area contributed by atoms with E-state index in [-0.39, 0.29) is 12.0 Å². The van der Waals surface area contributed by atoms with Gasteiger partial charge in [-0.15, -0.1) is 0 Å². The van der Waals surface area contributed by atoms with Crippen LogP contribution < -0.4 is 15.4 Å². The van der Waals surface area contributed by atoms with E-state index in [2.05, 4.69) is 20.6 Å². The van der Waals surface area contributed by atoms with Gasteiger partial charge in [0.2, 0.25) is 0 Å². The lowest BCUT2D eigenvalue weighted by Gasteiger charge is -2.10. The van der Waals surface area contributed by atoms with Gasteiger partial charge >= 0.3 is 12.0 Å². The molecule has 0 spiro atoms. The highest BCUT2D eigenvalue weighted by molar-refractivity contribution is 6.00. The number of anilines is 2. The van der Waals surface area contributed by atoms with Crippen LogP contribution in [0.5, 0.6) is 11.8 Å². The normalized spacial score (nSPS) is 10.0. The topological polar surface area (TPSA) is 76.1 Å². The fourth-order valence-electron chi connectivity index (χ4n) is 2.08. The van der Waals surface area contributed by atoms with Gasteiger partial charge in [0, 0.05) is 29.8 Å². The molecule has 0 aliphatic carbocycles.